The molecule has 0 aliphatic carbocycles. The van der Waals surface area contributed by atoms with Crippen LogP contribution >= 0.6 is 0 Å². The summed E-state index contributed by atoms with van der Waals surface area (Å²) >= 11 is 0. The number of nitrogens with one attached hydrogen (secondary N) is 1. The number of amides is 1. The average molecular weight is 234 g/mol. The number of rotatable bonds is 2. The minimum absolute atomic E-state index is 0.00438. The number of ether oxygens (including phenoxy) is 1. The predicted molar refractivity (Wildman–Crippen MR) is 65.7 cm³/mol. The number of hydrogen-bond donors (Lipinski definition) is 2. The maximum Gasteiger partial charge on any atom is 0.239 e. The second-order valence-electron chi connectivity index (χ2n) is 4.92. The molecule has 1 atom stereocenters. The van der Waals surface area contributed by atoms with Gasteiger partial charge in [-0.2, -0.15) is 0 Å². The lowest BCUT2D eigenvalue weighted by molar-refractivity contribution is -0.126. The number of fused-ring (bicyclic) bond motifs is 1. The van der Waals surface area contributed by atoms with E-state index >= 15 is 0 Å². The number of nitrogens with two attached hydrogens (primary N) is 1. The maximum atomic E-state index is 11.9. The van der Waals surface area contributed by atoms with Crippen LogP contribution in [0.1, 0.15) is 31.9 Å². The van der Waals surface area contributed by atoms with Crippen LogP contribution in [-0.4, -0.2) is 18.1 Å². The third-order valence-corrected chi connectivity index (χ3v) is 2.85. The lowest BCUT2D eigenvalue weighted by atomic mass is 9.98. The van der Waals surface area contributed by atoms with Gasteiger partial charge in [0.25, 0.3) is 0 Å². The van der Waals surface area contributed by atoms with Crippen molar-refractivity contribution in [3.63, 3.8) is 0 Å². The van der Waals surface area contributed by atoms with Gasteiger partial charge < -0.3 is 15.8 Å². The minimum atomic E-state index is -0.854. The van der Waals surface area contributed by atoms with Gasteiger partial charge in [-0.1, -0.05) is 18.2 Å². The van der Waals surface area contributed by atoms with E-state index in [0.29, 0.717) is 6.61 Å². The molecule has 2 rings (SSSR count). The Bertz CT molecular complexity index is 424. The number of benzene rings is 1. The van der Waals surface area contributed by atoms with Crippen LogP contribution in [-0.2, 0) is 4.79 Å². The summed E-state index contributed by atoms with van der Waals surface area (Å²) in [6.45, 7) is 4.02. The van der Waals surface area contributed by atoms with E-state index in [1.807, 2.05) is 24.3 Å². The first-order valence-corrected chi connectivity index (χ1v) is 5.80. The molecule has 1 aliphatic heterocycles. The van der Waals surface area contributed by atoms with Gasteiger partial charge in [-0.25, -0.2) is 0 Å². The van der Waals surface area contributed by atoms with Crippen molar-refractivity contribution in [2.75, 3.05) is 6.61 Å². The van der Waals surface area contributed by atoms with Crippen LogP contribution in [0.5, 0.6) is 5.75 Å². The number of para-hydroxylation sites is 1. The van der Waals surface area contributed by atoms with E-state index in [0.717, 1.165) is 17.7 Å². The first-order chi connectivity index (χ1) is 7.98. The summed E-state index contributed by atoms with van der Waals surface area (Å²) in [7, 11) is 0. The smallest absolute Gasteiger partial charge is 0.239 e. The fourth-order valence-electron chi connectivity index (χ4n) is 1.84. The highest BCUT2D eigenvalue weighted by atomic mass is 16.5. The largest absolute Gasteiger partial charge is 0.493 e. The molecule has 0 spiro atoms. The van der Waals surface area contributed by atoms with E-state index in [1.165, 1.54) is 0 Å². The minimum Gasteiger partial charge on any atom is -0.493 e. The van der Waals surface area contributed by atoms with Gasteiger partial charge in [-0.05, 0) is 19.9 Å². The molecule has 1 heterocycles. The maximum absolute atomic E-state index is 11.9. The molecule has 0 aromatic heterocycles. The number of carbonyl (C=O) groups is 1. The molecule has 0 fully saturated rings. The zero-order valence-electron chi connectivity index (χ0n) is 10.2. The van der Waals surface area contributed by atoms with Crippen molar-refractivity contribution in [3.05, 3.63) is 29.8 Å². The Morgan fingerprint density at radius 2 is 2.18 bits per heavy atom. The highest BCUT2D eigenvalue weighted by molar-refractivity contribution is 5.85. The predicted octanol–water partition coefficient (Wildman–Crippen LogP) is 1.36. The quantitative estimate of drug-likeness (QED) is 0.812. The molecule has 4 nitrogen and oxygen atoms in total. The SMILES string of the molecule is CC(C)(N)C(=O)NC1CCOc2ccccc21. The van der Waals surface area contributed by atoms with Crippen LogP contribution in [0.15, 0.2) is 24.3 Å². The van der Waals surface area contributed by atoms with Crippen LogP contribution in [0.25, 0.3) is 0 Å². The van der Waals surface area contributed by atoms with E-state index in [2.05, 4.69) is 5.32 Å². The van der Waals surface area contributed by atoms with Crippen molar-refractivity contribution in [2.24, 2.45) is 5.73 Å². The summed E-state index contributed by atoms with van der Waals surface area (Å²) in [4.78, 5) is 11.9. The highest BCUT2D eigenvalue weighted by Crippen LogP contribution is 2.31. The van der Waals surface area contributed by atoms with E-state index in [-0.39, 0.29) is 11.9 Å². The normalized spacial score (nSPS) is 19.1. The van der Waals surface area contributed by atoms with Crippen LogP contribution < -0.4 is 15.8 Å². The lowest BCUT2D eigenvalue weighted by Crippen LogP contribution is -2.50. The third kappa shape index (κ3) is 2.58. The second-order valence-corrected chi connectivity index (χ2v) is 4.92. The Hall–Kier alpha value is -1.55. The third-order valence-electron chi connectivity index (χ3n) is 2.85. The van der Waals surface area contributed by atoms with E-state index in [9.17, 15) is 4.79 Å². The van der Waals surface area contributed by atoms with Gasteiger partial charge in [0.05, 0.1) is 18.2 Å². The summed E-state index contributed by atoms with van der Waals surface area (Å²) in [5.74, 6) is 0.707. The molecule has 3 N–H and O–H groups in total. The molecule has 0 saturated heterocycles. The summed E-state index contributed by atoms with van der Waals surface area (Å²) in [5.41, 5.74) is 5.94. The van der Waals surface area contributed by atoms with Crippen molar-refractivity contribution in [1.29, 1.82) is 0 Å². The molecule has 0 radical (unpaired) electrons. The van der Waals surface area contributed by atoms with Crippen LogP contribution in [0.2, 0.25) is 0 Å². The molecule has 0 saturated carbocycles. The molecule has 92 valence electrons. The average Bonchev–Trinajstić information content (AvgIpc) is 2.28. The monoisotopic (exact) mass is 234 g/mol. The van der Waals surface area contributed by atoms with Gasteiger partial charge in [-0.3, -0.25) is 4.79 Å². The van der Waals surface area contributed by atoms with Crippen molar-refractivity contribution in [3.8, 4) is 5.75 Å². The molecular formula is C13H18N2O2. The molecule has 1 aliphatic rings. The Labute approximate surface area is 101 Å². The molecule has 17 heavy (non-hydrogen) atoms. The van der Waals surface area contributed by atoms with Gasteiger partial charge in [0.15, 0.2) is 0 Å². The second kappa shape index (κ2) is 4.37. The van der Waals surface area contributed by atoms with Gasteiger partial charge in [0.2, 0.25) is 5.91 Å². The fourth-order valence-corrected chi connectivity index (χ4v) is 1.84. The van der Waals surface area contributed by atoms with Gasteiger partial charge in [-0.15, -0.1) is 0 Å². The molecule has 1 unspecified atom stereocenters. The Balaban J connectivity index is 2.17. The highest BCUT2D eigenvalue weighted by Gasteiger charge is 2.28. The zero-order valence-corrected chi connectivity index (χ0v) is 10.2. The van der Waals surface area contributed by atoms with Crippen molar-refractivity contribution in [1.82, 2.24) is 5.32 Å². The molecular weight excluding hydrogens is 216 g/mol. The van der Waals surface area contributed by atoms with Crippen LogP contribution in [0.4, 0.5) is 0 Å². The number of carbonyl (C=O) groups excluding carboxylic acids is 1. The first kappa shape index (κ1) is 11.9. The van der Waals surface area contributed by atoms with Crippen LogP contribution in [0.3, 0.4) is 0 Å². The summed E-state index contributed by atoms with van der Waals surface area (Å²) < 4.78 is 5.54. The fraction of sp³-hybridized carbons (Fsp3) is 0.462. The van der Waals surface area contributed by atoms with Crippen LogP contribution in [0, 0.1) is 0 Å². The van der Waals surface area contributed by atoms with Gasteiger partial charge in [0, 0.05) is 12.0 Å². The molecule has 0 bridgehead atoms. The summed E-state index contributed by atoms with van der Waals surface area (Å²) in [6.07, 6.45) is 0.777. The number of hydrogen-bond acceptors (Lipinski definition) is 3. The standard InChI is InChI=1S/C13H18N2O2/c1-13(2,14)12(16)15-10-7-8-17-11-6-4-3-5-9(10)11/h3-6,10H,7-8,14H2,1-2H3,(H,15,16). The van der Waals surface area contributed by atoms with E-state index in [4.69, 9.17) is 10.5 Å². The Morgan fingerprint density at radius 3 is 2.88 bits per heavy atom. The van der Waals surface area contributed by atoms with Crippen molar-refractivity contribution in [2.45, 2.75) is 31.8 Å². The first-order valence-electron chi connectivity index (χ1n) is 5.80. The van der Waals surface area contributed by atoms with Gasteiger partial charge >= 0.3 is 0 Å². The summed E-state index contributed by atoms with van der Waals surface area (Å²) in [5, 5.41) is 2.97. The molecule has 1 aromatic rings. The van der Waals surface area contributed by atoms with E-state index < -0.39 is 5.54 Å². The topological polar surface area (TPSA) is 64.4 Å². The lowest BCUT2D eigenvalue weighted by Gasteiger charge is -2.29. The molecule has 1 aromatic carbocycles. The van der Waals surface area contributed by atoms with E-state index in [1.54, 1.807) is 13.8 Å². The van der Waals surface area contributed by atoms with Crippen molar-refractivity contribution < 1.29 is 9.53 Å². The molecule has 4 heteroatoms. The Kier molecular flexibility index (Phi) is 3.07. The summed E-state index contributed by atoms with van der Waals surface area (Å²) in [6, 6.07) is 7.76. The molecule has 1 amide bonds. The van der Waals surface area contributed by atoms with Gasteiger partial charge in [0.1, 0.15) is 5.75 Å². The van der Waals surface area contributed by atoms with Crippen molar-refractivity contribution >= 4 is 5.91 Å². The zero-order chi connectivity index (χ0) is 12.5. The Morgan fingerprint density at radius 1 is 1.47 bits per heavy atom.